The summed E-state index contributed by atoms with van der Waals surface area (Å²) in [7, 11) is 2.24. The zero-order valence-electron chi connectivity index (χ0n) is 12.5. The van der Waals surface area contributed by atoms with Crippen molar-refractivity contribution in [1.29, 1.82) is 0 Å². The number of likely N-dealkylation sites (N-methyl/N-ethyl adjacent to an activating group) is 1. The smallest absolute Gasteiger partial charge is 0.0337 e. The molecule has 3 heteroatoms. The second-order valence-corrected chi connectivity index (χ2v) is 7.27. The first-order valence-electron chi connectivity index (χ1n) is 7.61. The fraction of sp³-hybridized carbons (Fsp3) is 1.00. The molecule has 0 aromatic heterocycles. The van der Waals surface area contributed by atoms with Crippen LogP contribution in [0.25, 0.3) is 0 Å². The van der Waals surface area contributed by atoms with Crippen LogP contribution in [0.4, 0.5) is 0 Å². The van der Waals surface area contributed by atoms with Gasteiger partial charge in [0.05, 0.1) is 0 Å². The van der Waals surface area contributed by atoms with Gasteiger partial charge in [-0.1, -0.05) is 20.3 Å². The molecule has 0 spiro atoms. The van der Waals surface area contributed by atoms with Crippen molar-refractivity contribution in [2.45, 2.75) is 51.5 Å². The van der Waals surface area contributed by atoms with E-state index < -0.39 is 0 Å². The zero-order chi connectivity index (χ0) is 13.2. The molecule has 2 N–H and O–H groups in total. The van der Waals surface area contributed by atoms with Gasteiger partial charge in [0.25, 0.3) is 0 Å². The minimum atomic E-state index is 0.285. The van der Waals surface area contributed by atoms with Gasteiger partial charge in [-0.3, -0.25) is 4.90 Å². The summed E-state index contributed by atoms with van der Waals surface area (Å²) in [5.74, 6) is 0. The lowest BCUT2D eigenvalue weighted by Crippen LogP contribution is -2.58. The summed E-state index contributed by atoms with van der Waals surface area (Å²) in [5.41, 5.74) is 6.97. The summed E-state index contributed by atoms with van der Waals surface area (Å²) >= 11 is 0. The third kappa shape index (κ3) is 3.06. The van der Waals surface area contributed by atoms with Crippen molar-refractivity contribution in [3.63, 3.8) is 0 Å². The molecule has 2 rings (SSSR count). The largest absolute Gasteiger partial charge is 0.329 e. The Bertz CT molecular complexity index is 277. The average Bonchev–Trinajstić information content (AvgIpc) is 2.53. The van der Waals surface area contributed by atoms with E-state index in [9.17, 15) is 0 Å². The average molecular weight is 253 g/mol. The van der Waals surface area contributed by atoms with Crippen molar-refractivity contribution in [2.75, 3.05) is 39.8 Å². The normalized spacial score (nSPS) is 35.3. The van der Waals surface area contributed by atoms with Crippen LogP contribution in [0.3, 0.4) is 0 Å². The van der Waals surface area contributed by atoms with E-state index in [1.165, 1.54) is 58.3 Å². The van der Waals surface area contributed by atoms with Gasteiger partial charge in [0.1, 0.15) is 0 Å². The molecule has 1 aliphatic carbocycles. The molecule has 2 aliphatic rings. The molecule has 1 atom stereocenters. The molecular formula is C15H31N3. The van der Waals surface area contributed by atoms with Crippen LogP contribution in [0.5, 0.6) is 0 Å². The van der Waals surface area contributed by atoms with Crippen LogP contribution >= 0.6 is 0 Å². The van der Waals surface area contributed by atoms with Crippen molar-refractivity contribution in [2.24, 2.45) is 11.1 Å². The lowest BCUT2D eigenvalue weighted by Gasteiger charge is -2.51. The molecule has 0 bridgehead atoms. The minimum Gasteiger partial charge on any atom is -0.329 e. The quantitative estimate of drug-likeness (QED) is 0.816. The summed E-state index contributed by atoms with van der Waals surface area (Å²) in [6, 6.07) is 0. The van der Waals surface area contributed by atoms with Gasteiger partial charge < -0.3 is 10.6 Å². The third-order valence-corrected chi connectivity index (χ3v) is 5.07. The van der Waals surface area contributed by atoms with Crippen LogP contribution in [-0.2, 0) is 0 Å². The molecule has 0 radical (unpaired) electrons. The molecule has 18 heavy (non-hydrogen) atoms. The van der Waals surface area contributed by atoms with E-state index in [1.807, 2.05) is 0 Å². The van der Waals surface area contributed by atoms with E-state index in [1.54, 1.807) is 0 Å². The standard InChI is InChI=1S/C15H31N3/c1-14(2)6-4-7-15(12-14,13-16)18-9-5-8-17(3)10-11-18/h4-13,16H2,1-3H3. The maximum Gasteiger partial charge on any atom is 0.0337 e. The van der Waals surface area contributed by atoms with E-state index in [0.717, 1.165) is 6.54 Å². The second kappa shape index (κ2) is 5.48. The molecule has 0 aromatic carbocycles. The van der Waals surface area contributed by atoms with Gasteiger partial charge in [-0.2, -0.15) is 0 Å². The summed E-state index contributed by atoms with van der Waals surface area (Å²) in [4.78, 5) is 5.18. The first-order valence-corrected chi connectivity index (χ1v) is 7.61. The predicted molar refractivity (Wildman–Crippen MR) is 77.7 cm³/mol. The van der Waals surface area contributed by atoms with Crippen molar-refractivity contribution in [1.82, 2.24) is 9.80 Å². The number of rotatable bonds is 2. The maximum absolute atomic E-state index is 6.22. The van der Waals surface area contributed by atoms with Gasteiger partial charge in [-0.25, -0.2) is 0 Å². The molecule has 1 heterocycles. The second-order valence-electron chi connectivity index (χ2n) is 7.27. The fourth-order valence-electron chi connectivity index (χ4n) is 4.06. The first-order chi connectivity index (χ1) is 8.47. The molecule has 1 unspecified atom stereocenters. The molecular weight excluding hydrogens is 222 g/mol. The lowest BCUT2D eigenvalue weighted by molar-refractivity contribution is 0.0126. The molecule has 106 valence electrons. The van der Waals surface area contributed by atoms with E-state index >= 15 is 0 Å². The van der Waals surface area contributed by atoms with Crippen LogP contribution < -0.4 is 5.73 Å². The molecule has 0 amide bonds. The molecule has 1 saturated carbocycles. The Morgan fingerprint density at radius 2 is 1.78 bits per heavy atom. The van der Waals surface area contributed by atoms with E-state index in [-0.39, 0.29) is 5.54 Å². The Morgan fingerprint density at radius 1 is 1.00 bits per heavy atom. The minimum absolute atomic E-state index is 0.285. The number of hydrogen-bond donors (Lipinski definition) is 1. The van der Waals surface area contributed by atoms with Crippen LogP contribution in [0.15, 0.2) is 0 Å². The van der Waals surface area contributed by atoms with Gasteiger partial charge in [0, 0.05) is 31.7 Å². The fourth-order valence-corrected chi connectivity index (χ4v) is 4.06. The molecule has 3 nitrogen and oxygen atoms in total. The van der Waals surface area contributed by atoms with E-state index in [2.05, 4.69) is 30.7 Å². The molecule has 2 fully saturated rings. The lowest BCUT2D eigenvalue weighted by atomic mass is 9.67. The highest BCUT2D eigenvalue weighted by Gasteiger charge is 2.43. The highest BCUT2D eigenvalue weighted by molar-refractivity contribution is 5.00. The Hall–Kier alpha value is -0.120. The third-order valence-electron chi connectivity index (χ3n) is 5.07. The van der Waals surface area contributed by atoms with Gasteiger partial charge in [-0.15, -0.1) is 0 Å². The van der Waals surface area contributed by atoms with Crippen molar-refractivity contribution >= 4 is 0 Å². The van der Waals surface area contributed by atoms with Crippen LogP contribution in [0.2, 0.25) is 0 Å². The van der Waals surface area contributed by atoms with Crippen LogP contribution in [0, 0.1) is 5.41 Å². The van der Waals surface area contributed by atoms with E-state index in [0.29, 0.717) is 5.41 Å². The van der Waals surface area contributed by atoms with Crippen molar-refractivity contribution < 1.29 is 0 Å². The Balaban J connectivity index is 2.10. The number of nitrogens with zero attached hydrogens (tertiary/aromatic N) is 2. The van der Waals surface area contributed by atoms with Crippen molar-refractivity contribution in [3.05, 3.63) is 0 Å². The Morgan fingerprint density at radius 3 is 2.44 bits per heavy atom. The maximum atomic E-state index is 6.22. The first kappa shape index (κ1) is 14.3. The van der Waals surface area contributed by atoms with Gasteiger partial charge in [0.15, 0.2) is 0 Å². The highest BCUT2D eigenvalue weighted by atomic mass is 15.3. The predicted octanol–water partition coefficient (Wildman–Crippen LogP) is 1.92. The van der Waals surface area contributed by atoms with Crippen molar-refractivity contribution in [3.8, 4) is 0 Å². The Kier molecular flexibility index (Phi) is 4.35. The zero-order valence-corrected chi connectivity index (χ0v) is 12.5. The molecule has 0 aromatic rings. The SMILES string of the molecule is CN1CCCN(C2(CN)CCCC(C)(C)C2)CC1. The Labute approximate surface area is 113 Å². The van der Waals surface area contributed by atoms with Crippen LogP contribution in [0.1, 0.15) is 46.0 Å². The summed E-state index contributed by atoms with van der Waals surface area (Å²) < 4.78 is 0. The number of nitrogens with two attached hydrogens (primary N) is 1. The van der Waals surface area contributed by atoms with Gasteiger partial charge in [-0.05, 0) is 44.7 Å². The molecule has 1 saturated heterocycles. The monoisotopic (exact) mass is 253 g/mol. The topological polar surface area (TPSA) is 32.5 Å². The summed E-state index contributed by atoms with van der Waals surface area (Å²) in [6.07, 6.45) is 6.58. The van der Waals surface area contributed by atoms with Gasteiger partial charge >= 0.3 is 0 Å². The highest BCUT2D eigenvalue weighted by Crippen LogP contribution is 2.43. The van der Waals surface area contributed by atoms with Gasteiger partial charge in [0.2, 0.25) is 0 Å². The molecule has 1 aliphatic heterocycles. The summed E-state index contributed by atoms with van der Waals surface area (Å²) in [5, 5.41) is 0. The summed E-state index contributed by atoms with van der Waals surface area (Å²) in [6.45, 7) is 10.5. The van der Waals surface area contributed by atoms with E-state index in [4.69, 9.17) is 5.73 Å². The number of hydrogen-bond acceptors (Lipinski definition) is 3. The van der Waals surface area contributed by atoms with Crippen LogP contribution in [-0.4, -0.2) is 55.1 Å².